The summed E-state index contributed by atoms with van der Waals surface area (Å²) in [4.78, 5) is 15.9. The first-order chi connectivity index (χ1) is 9.36. The first-order valence-electron chi connectivity index (χ1n) is 6.73. The molecule has 1 atom stereocenters. The molecule has 0 aliphatic rings. The summed E-state index contributed by atoms with van der Waals surface area (Å²) in [6.07, 6.45) is 0. The molecule has 2 aromatic rings. The average molecular weight is 378 g/mol. The van der Waals surface area contributed by atoms with Crippen molar-refractivity contribution in [1.29, 1.82) is 0 Å². The molecule has 1 unspecified atom stereocenters. The van der Waals surface area contributed by atoms with Gasteiger partial charge in [-0.15, -0.1) is 11.3 Å². The van der Waals surface area contributed by atoms with Crippen LogP contribution in [0.1, 0.15) is 53.8 Å². The van der Waals surface area contributed by atoms with Crippen LogP contribution in [-0.2, 0) is 32.7 Å². The zero-order chi connectivity index (χ0) is 14.9. The summed E-state index contributed by atoms with van der Waals surface area (Å²) in [6.45, 7) is 12.3. The fourth-order valence-electron chi connectivity index (χ4n) is 2.12. The van der Waals surface area contributed by atoms with Crippen LogP contribution in [0.2, 0.25) is 0 Å². The number of thiophene rings is 1. The molecule has 21 heavy (non-hydrogen) atoms. The zero-order valence-corrected chi connectivity index (χ0v) is 17.1. The molecule has 0 bridgehead atoms. The molecule has 6 heteroatoms. The number of nitrogens with one attached hydrogen (secondary N) is 1. The Kier molecular flexibility index (Phi) is 6.76. The second-order valence-corrected chi connectivity index (χ2v) is 6.72. The van der Waals surface area contributed by atoms with Gasteiger partial charge >= 0.3 is 0 Å². The maximum atomic E-state index is 4.47. The number of aryl methyl sites for hydroxylation is 3. The Morgan fingerprint density at radius 2 is 1.81 bits per heavy atom. The van der Waals surface area contributed by atoms with Gasteiger partial charge in [-0.3, -0.25) is 4.98 Å². The average Bonchev–Trinajstić information content (AvgIpc) is 2.67. The van der Waals surface area contributed by atoms with Crippen LogP contribution in [-0.4, -0.2) is 15.0 Å². The molecule has 0 spiro atoms. The number of rotatable bonds is 4. The van der Waals surface area contributed by atoms with E-state index in [4.69, 9.17) is 0 Å². The summed E-state index contributed by atoms with van der Waals surface area (Å²) in [6, 6.07) is 2.41. The molecule has 0 saturated carbocycles. The third kappa shape index (κ3) is 4.73. The molecule has 4 nitrogen and oxygen atoms in total. The summed E-state index contributed by atoms with van der Waals surface area (Å²) in [5.74, 6) is 3.23. The van der Waals surface area contributed by atoms with Gasteiger partial charge in [0.1, 0.15) is 5.82 Å². The van der Waals surface area contributed by atoms with E-state index in [9.17, 15) is 0 Å². The third-order valence-electron chi connectivity index (χ3n) is 3.09. The van der Waals surface area contributed by atoms with Crippen molar-refractivity contribution in [3.05, 3.63) is 39.0 Å². The molecule has 1 radical (unpaired) electrons. The number of nitrogens with zero attached hydrogens (tertiary/aromatic N) is 3. The maximum Gasteiger partial charge on any atom is 0.224 e. The summed E-state index contributed by atoms with van der Waals surface area (Å²) < 4.78 is 0. The van der Waals surface area contributed by atoms with E-state index in [-0.39, 0.29) is 38.8 Å². The minimum atomic E-state index is 0. The Bertz CT molecular complexity index is 610. The Morgan fingerprint density at radius 3 is 2.33 bits per heavy atom. The fraction of sp³-hybridized carbons (Fsp3) is 0.467. The molecule has 0 saturated heterocycles. The van der Waals surface area contributed by atoms with Crippen molar-refractivity contribution in [3.63, 3.8) is 0 Å². The van der Waals surface area contributed by atoms with E-state index in [2.05, 4.69) is 47.1 Å². The first kappa shape index (κ1) is 18.5. The van der Waals surface area contributed by atoms with Crippen molar-refractivity contribution in [2.75, 3.05) is 5.32 Å². The van der Waals surface area contributed by atoms with Crippen LogP contribution >= 0.6 is 11.3 Å². The Labute approximate surface area is 156 Å². The molecule has 0 fully saturated rings. The molecule has 0 aliphatic carbocycles. The first-order valence-corrected chi connectivity index (χ1v) is 7.55. The predicted molar refractivity (Wildman–Crippen MR) is 84.1 cm³/mol. The Hall–Kier alpha value is -0.516. The number of hydrogen-bond acceptors (Lipinski definition) is 5. The summed E-state index contributed by atoms with van der Waals surface area (Å²) >= 11 is 1.82. The smallest absolute Gasteiger partial charge is 0.224 e. The second kappa shape index (κ2) is 7.66. The van der Waals surface area contributed by atoms with E-state index in [1.54, 1.807) is 0 Å². The molecule has 2 rings (SSSR count). The van der Waals surface area contributed by atoms with Crippen LogP contribution in [0.4, 0.5) is 5.95 Å². The molecule has 0 amide bonds. The van der Waals surface area contributed by atoms with Crippen molar-refractivity contribution in [2.24, 2.45) is 0 Å². The van der Waals surface area contributed by atoms with E-state index >= 15 is 0 Å². The predicted octanol–water partition coefficient (Wildman–Crippen LogP) is 3.99. The molecule has 111 valence electrons. The molecule has 1 N–H and O–H groups in total. The van der Waals surface area contributed by atoms with Gasteiger partial charge in [-0.25, -0.2) is 4.98 Å². The van der Waals surface area contributed by atoms with Gasteiger partial charge in [0.25, 0.3) is 0 Å². The van der Waals surface area contributed by atoms with Crippen molar-refractivity contribution >= 4 is 17.3 Å². The molecule has 2 aromatic heterocycles. The fourth-order valence-corrected chi connectivity index (χ4v) is 3.14. The standard InChI is InChI=1S/C15H21N4S.Y/c1-8(2)14-17-12(6)18-15(19-14)16-10(4)13-7-9(3)20-11(13)5;/h7,10H,1-6H3,(H,16,17,18,19);/q-1;. The van der Waals surface area contributed by atoms with Gasteiger partial charge in [-0.05, 0) is 39.3 Å². The van der Waals surface area contributed by atoms with E-state index in [1.807, 2.05) is 32.1 Å². The van der Waals surface area contributed by atoms with Crippen molar-refractivity contribution < 1.29 is 32.7 Å². The Balaban J connectivity index is 0.00000220. The molecular formula is C15H21N4SY-. The van der Waals surface area contributed by atoms with Crippen molar-refractivity contribution in [2.45, 2.75) is 47.6 Å². The van der Waals surface area contributed by atoms with E-state index in [0.717, 1.165) is 17.6 Å². The minimum absolute atomic E-state index is 0. The second-order valence-electron chi connectivity index (χ2n) is 5.26. The van der Waals surface area contributed by atoms with Gasteiger partial charge in [0, 0.05) is 48.3 Å². The summed E-state index contributed by atoms with van der Waals surface area (Å²) in [5.41, 5.74) is 1.31. The largest absolute Gasteiger partial charge is 0.348 e. The molecule has 0 aliphatic heterocycles. The monoisotopic (exact) mass is 378 g/mol. The van der Waals surface area contributed by atoms with Crippen LogP contribution < -0.4 is 5.32 Å². The number of anilines is 1. The van der Waals surface area contributed by atoms with Gasteiger partial charge in [0.15, 0.2) is 0 Å². The van der Waals surface area contributed by atoms with Gasteiger partial charge in [-0.2, -0.15) is 18.8 Å². The van der Waals surface area contributed by atoms with E-state index in [0.29, 0.717) is 5.95 Å². The number of hydrogen-bond donors (Lipinski definition) is 1. The summed E-state index contributed by atoms with van der Waals surface area (Å²) in [5, 5.41) is 3.38. The maximum absolute atomic E-state index is 4.47. The number of aromatic nitrogens is 3. The van der Waals surface area contributed by atoms with Crippen LogP contribution in [0, 0.1) is 26.7 Å². The van der Waals surface area contributed by atoms with E-state index in [1.165, 1.54) is 15.3 Å². The topological polar surface area (TPSA) is 50.7 Å². The van der Waals surface area contributed by atoms with E-state index < -0.39 is 0 Å². The van der Waals surface area contributed by atoms with Crippen LogP contribution in [0.15, 0.2) is 6.07 Å². The molecule has 2 heterocycles. The quantitative estimate of drug-likeness (QED) is 0.818. The van der Waals surface area contributed by atoms with Crippen LogP contribution in [0.5, 0.6) is 0 Å². The Morgan fingerprint density at radius 1 is 1.14 bits per heavy atom. The normalized spacial score (nSPS) is 11.7. The minimum Gasteiger partial charge on any atom is -0.348 e. The van der Waals surface area contributed by atoms with Crippen LogP contribution in [0.3, 0.4) is 0 Å². The molecular weight excluding hydrogens is 357 g/mol. The van der Waals surface area contributed by atoms with Crippen molar-refractivity contribution in [3.8, 4) is 0 Å². The summed E-state index contributed by atoms with van der Waals surface area (Å²) in [7, 11) is 0. The van der Waals surface area contributed by atoms with Crippen molar-refractivity contribution in [1.82, 2.24) is 15.0 Å². The van der Waals surface area contributed by atoms with Gasteiger partial charge in [-0.1, -0.05) is 0 Å². The SMILES string of the molecule is Cc1nc(NC(C)c2cc(C)sc2C)nc([C-](C)C)n1.[Y]. The van der Waals surface area contributed by atoms with Crippen LogP contribution in [0.25, 0.3) is 0 Å². The van der Waals surface area contributed by atoms with Gasteiger partial charge in [0.05, 0.1) is 6.04 Å². The molecule has 0 aromatic carbocycles. The zero-order valence-electron chi connectivity index (χ0n) is 13.5. The van der Waals surface area contributed by atoms with Gasteiger partial charge in [0.2, 0.25) is 5.95 Å². The third-order valence-corrected chi connectivity index (χ3v) is 4.07. The van der Waals surface area contributed by atoms with Gasteiger partial charge < -0.3 is 11.2 Å².